The van der Waals surface area contributed by atoms with Crippen molar-refractivity contribution in [2.45, 2.75) is 31.9 Å². The summed E-state index contributed by atoms with van der Waals surface area (Å²) in [5.41, 5.74) is 3.57. The first kappa shape index (κ1) is 13.0. The van der Waals surface area contributed by atoms with Gasteiger partial charge in [-0.1, -0.05) is 23.2 Å². The third-order valence-corrected chi connectivity index (χ3v) is 3.28. The highest BCUT2D eigenvalue weighted by atomic mass is 35.5. The van der Waals surface area contributed by atoms with Gasteiger partial charge in [0, 0.05) is 17.0 Å². The van der Waals surface area contributed by atoms with Crippen molar-refractivity contribution in [3.8, 4) is 5.75 Å². The second-order valence-electron chi connectivity index (χ2n) is 4.74. The third kappa shape index (κ3) is 2.68. The van der Waals surface area contributed by atoms with Crippen LogP contribution in [0.3, 0.4) is 0 Å². The summed E-state index contributed by atoms with van der Waals surface area (Å²) in [6.07, 6.45) is 0.773. The minimum atomic E-state index is -0.281. The quantitative estimate of drug-likeness (QED) is 0.834. The van der Waals surface area contributed by atoms with E-state index >= 15 is 0 Å². The molecule has 0 fully saturated rings. The number of ether oxygens (including phenoxy) is 1. The molecule has 3 nitrogen and oxygen atoms in total. The van der Waals surface area contributed by atoms with E-state index in [0.717, 1.165) is 12.0 Å². The number of hydroxylamine groups is 1. The van der Waals surface area contributed by atoms with Gasteiger partial charge in [0.2, 0.25) is 0 Å². The molecule has 1 aliphatic rings. The van der Waals surface area contributed by atoms with Crippen molar-refractivity contribution in [3.63, 3.8) is 0 Å². The van der Waals surface area contributed by atoms with E-state index < -0.39 is 0 Å². The molecular formula is C12H15Cl2NO2. The van der Waals surface area contributed by atoms with Crippen molar-refractivity contribution in [2.24, 2.45) is 0 Å². The van der Waals surface area contributed by atoms with Crippen LogP contribution in [0.25, 0.3) is 0 Å². The monoisotopic (exact) mass is 275 g/mol. The molecule has 0 bridgehead atoms. The van der Waals surface area contributed by atoms with E-state index in [1.165, 1.54) is 0 Å². The second-order valence-corrected chi connectivity index (χ2v) is 5.58. The van der Waals surface area contributed by atoms with Crippen LogP contribution in [0, 0.1) is 0 Å². The average molecular weight is 276 g/mol. The fraction of sp³-hybridized carbons (Fsp3) is 0.500. The van der Waals surface area contributed by atoms with Gasteiger partial charge in [0.05, 0.1) is 18.2 Å². The van der Waals surface area contributed by atoms with Crippen molar-refractivity contribution in [1.29, 1.82) is 0 Å². The molecule has 1 N–H and O–H groups in total. The standard InChI is InChI=1S/C12H15Cl2NO2/c1-12(2)6-9(15-16-3)11-8(14)4-7(13)5-10(11)17-12/h4-5,9,15H,6H2,1-3H3. The zero-order chi connectivity index (χ0) is 12.6. The number of nitrogens with one attached hydrogen (secondary N) is 1. The highest BCUT2D eigenvalue weighted by Gasteiger charge is 2.35. The van der Waals surface area contributed by atoms with Gasteiger partial charge in [-0.2, -0.15) is 5.48 Å². The van der Waals surface area contributed by atoms with Crippen LogP contribution in [0.15, 0.2) is 12.1 Å². The molecule has 5 heteroatoms. The first-order valence-corrected chi connectivity index (χ1v) is 6.15. The summed E-state index contributed by atoms with van der Waals surface area (Å²) in [6.45, 7) is 4.05. The van der Waals surface area contributed by atoms with E-state index in [1.54, 1.807) is 19.2 Å². The van der Waals surface area contributed by atoms with Gasteiger partial charge in [-0.15, -0.1) is 0 Å². The Balaban J connectivity index is 2.48. The van der Waals surface area contributed by atoms with Crippen LogP contribution in [0.2, 0.25) is 10.0 Å². The molecule has 0 amide bonds. The summed E-state index contributed by atoms with van der Waals surface area (Å²) in [5, 5.41) is 1.17. The predicted octanol–water partition coefficient (Wildman–Crippen LogP) is 3.75. The SMILES string of the molecule is CONC1CC(C)(C)Oc2cc(Cl)cc(Cl)c21. The van der Waals surface area contributed by atoms with E-state index in [9.17, 15) is 0 Å². The summed E-state index contributed by atoms with van der Waals surface area (Å²) in [4.78, 5) is 5.02. The summed E-state index contributed by atoms with van der Waals surface area (Å²) in [7, 11) is 1.59. The number of hydrogen-bond acceptors (Lipinski definition) is 3. The third-order valence-electron chi connectivity index (χ3n) is 2.75. The van der Waals surface area contributed by atoms with E-state index in [4.69, 9.17) is 32.8 Å². The number of rotatable bonds is 2. The van der Waals surface area contributed by atoms with Gasteiger partial charge in [-0.3, -0.25) is 0 Å². The Morgan fingerprint density at radius 1 is 1.41 bits per heavy atom. The summed E-state index contributed by atoms with van der Waals surface area (Å²) >= 11 is 12.2. The van der Waals surface area contributed by atoms with Crippen molar-refractivity contribution in [1.82, 2.24) is 5.48 Å². The van der Waals surface area contributed by atoms with Gasteiger partial charge < -0.3 is 9.57 Å². The van der Waals surface area contributed by atoms with Gasteiger partial charge in [-0.05, 0) is 26.0 Å². The number of hydrogen-bond donors (Lipinski definition) is 1. The molecule has 1 aliphatic heterocycles. The molecule has 0 radical (unpaired) electrons. The highest BCUT2D eigenvalue weighted by molar-refractivity contribution is 6.35. The summed E-state index contributed by atoms with van der Waals surface area (Å²) in [6, 6.07) is 3.51. The Bertz CT molecular complexity index is 435. The van der Waals surface area contributed by atoms with Crippen LogP contribution in [0.4, 0.5) is 0 Å². The lowest BCUT2D eigenvalue weighted by molar-refractivity contribution is 0.00305. The molecule has 1 aromatic carbocycles. The maximum Gasteiger partial charge on any atom is 0.127 e. The molecular weight excluding hydrogens is 261 g/mol. The molecule has 0 saturated heterocycles. The van der Waals surface area contributed by atoms with Crippen LogP contribution < -0.4 is 10.2 Å². The average Bonchev–Trinajstić information content (AvgIpc) is 2.13. The molecule has 1 unspecified atom stereocenters. The fourth-order valence-corrected chi connectivity index (χ4v) is 2.77. The molecule has 1 heterocycles. The molecule has 94 valence electrons. The van der Waals surface area contributed by atoms with Gasteiger partial charge in [0.1, 0.15) is 11.4 Å². The van der Waals surface area contributed by atoms with Gasteiger partial charge in [-0.25, -0.2) is 0 Å². The first-order valence-electron chi connectivity index (χ1n) is 5.39. The zero-order valence-electron chi connectivity index (χ0n) is 10.0. The van der Waals surface area contributed by atoms with Crippen LogP contribution >= 0.6 is 23.2 Å². The lowest BCUT2D eigenvalue weighted by atomic mass is 9.90. The molecule has 1 aromatic rings. The van der Waals surface area contributed by atoms with Crippen molar-refractivity contribution in [3.05, 3.63) is 27.7 Å². The number of benzene rings is 1. The Labute approximate surface area is 111 Å². The maximum atomic E-state index is 6.21. The molecule has 0 saturated carbocycles. The second kappa shape index (κ2) is 4.65. The summed E-state index contributed by atoms with van der Waals surface area (Å²) in [5.74, 6) is 0.716. The molecule has 2 rings (SSSR count). The van der Waals surface area contributed by atoms with Crippen LogP contribution in [-0.4, -0.2) is 12.7 Å². The number of halogens is 2. The lowest BCUT2D eigenvalue weighted by Crippen LogP contribution is -2.39. The normalized spacial score (nSPS) is 21.8. The molecule has 0 aliphatic carbocycles. The molecule has 0 aromatic heterocycles. The van der Waals surface area contributed by atoms with Crippen LogP contribution in [0.5, 0.6) is 5.75 Å². The Kier molecular flexibility index (Phi) is 3.55. The summed E-state index contributed by atoms with van der Waals surface area (Å²) < 4.78 is 5.89. The smallest absolute Gasteiger partial charge is 0.127 e. The largest absolute Gasteiger partial charge is 0.487 e. The Hall–Kier alpha value is -0.480. The fourth-order valence-electron chi connectivity index (χ4n) is 2.16. The molecule has 1 atom stereocenters. The van der Waals surface area contributed by atoms with Crippen LogP contribution in [-0.2, 0) is 4.84 Å². The Morgan fingerprint density at radius 3 is 2.76 bits per heavy atom. The minimum absolute atomic E-state index is 0.00326. The first-order chi connectivity index (χ1) is 7.93. The van der Waals surface area contributed by atoms with Crippen molar-refractivity contribution in [2.75, 3.05) is 7.11 Å². The lowest BCUT2D eigenvalue weighted by Gasteiger charge is -2.38. The molecule has 0 spiro atoms. The van der Waals surface area contributed by atoms with Gasteiger partial charge in [0.25, 0.3) is 0 Å². The van der Waals surface area contributed by atoms with E-state index in [1.807, 2.05) is 13.8 Å². The maximum absolute atomic E-state index is 6.21. The minimum Gasteiger partial charge on any atom is -0.487 e. The molecule has 17 heavy (non-hydrogen) atoms. The topological polar surface area (TPSA) is 30.5 Å². The van der Waals surface area contributed by atoms with Gasteiger partial charge >= 0.3 is 0 Å². The Morgan fingerprint density at radius 2 is 2.12 bits per heavy atom. The van der Waals surface area contributed by atoms with Gasteiger partial charge in [0.15, 0.2) is 0 Å². The van der Waals surface area contributed by atoms with E-state index in [-0.39, 0.29) is 11.6 Å². The van der Waals surface area contributed by atoms with E-state index in [0.29, 0.717) is 15.8 Å². The highest BCUT2D eigenvalue weighted by Crippen LogP contribution is 2.44. The number of fused-ring (bicyclic) bond motifs is 1. The van der Waals surface area contributed by atoms with Crippen molar-refractivity contribution < 1.29 is 9.57 Å². The van der Waals surface area contributed by atoms with Crippen molar-refractivity contribution >= 4 is 23.2 Å². The predicted molar refractivity (Wildman–Crippen MR) is 68.7 cm³/mol. The zero-order valence-corrected chi connectivity index (χ0v) is 11.5. The van der Waals surface area contributed by atoms with E-state index in [2.05, 4.69) is 5.48 Å². The van der Waals surface area contributed by atoms with Crippen LogP contribution in [0.1, 0.15) is 31.9 Å².